The van der Waals surface area contributed by atoms with Crippen LogP contribution in [0.15, 0.2) is 69.9 Å². The van der Waals surface area contributed by atoms with Gasteiger partial charge in [-0.3, -0.25) is 9.47 Å². The Labute approximate surface area is 134 Å². The number of fused-ring (bicyclic) bond motifs is 1. The van der Waals surface area contributed by atoms with Crippen molar-refractivity contribution < 1.29 is 4.42 Å². The molecule has 0 unspecified atom stereocenters. The van der Waals surface area contributed by atoms with Crippen LogP contribution >= 0.6 is 0 Å². The Morgan fingerprint density at radius 1 is 1.00 bits per heavy atom. The van der Waals surface area contributed by atoms with E-state index in [2.05, 4.69) is 35.2 Å². The van der Waals surface area contributed by atoms with Crippen molar-refractivity contribution in [3.63, 3.8) is 0 Å². The fraction of sp³-hybridized carbons (Fsp3) is 0.211. The molecule has 0 spiro atoms. The molecule has 3 aromatic rings. The fourth-order valence-electron chi connectivity index (χ4n) is 3.10. The lowest BCUT2D eigenvalue weighted by molar-refractivity contribution is 0.235. The number of benzene rings is 2. The monoisotopic (exact) mass is 306 g/mol. The van der Waals surface area contributed by atoms with Gasteiger partial charge in [0.15, 0.2) is 5.58 Å². The second-order valence-corrected chi connectivity index (χ2v) is 5.83. The van der Waals surface area contributed by atoms with Crippen LogP contribution in [0, 0.1) is 0 Å². The maximum absolute atomic E-state index is 12.1. The number of para-hydroxylation sites is 2. The highest BCUT2D eigenvalue weighted by Gasteiger charge is 2.16. The molecule has 0 N–H and O–H groups in total. The first-order valence-electron chi connectivity index (χ1n) is 7.86. The normalized spacial score (nSPS) is 15.7. The van der Waals surface area contributed by atoms with Crippen molar-refractivity contribution in [3.05, 3.63) is 76.8 Å². The van der Waals surface area contributed by atoms with Gasteiger partial charge in [0.25, 0.3) is 0 Å². The zero-order valence-electron chi connectivity index (χ0n) is 12.8. The summed E-state index contributed by atoms with van der Waals surface area (Å²) in [6.07, 6.45) is 3.25. The maximum atomic E-state index is 12.1. The van der Waals surface area contributed by atoms with Gasteiger partial charge in [0.05, 0.1) is 12.2 Å². The maximum Gasteiger partial charge on any atom is 0.421 e. The van der Waals surface area contributed by atoms with E-state index < -0.39 is 0 Å². The van der Waals surface area contributed by atoms with E-state index in [0.29, 0.717) is 12.3 Å². The van der Waals surface area contributed by atoms with Gasteiger partial charge in [-0.1, -0.05) is 48.5 Å². The van der Waals surface area contributed by atoms with Crippen LogP contribution in [0.3, 0.4) is 0 Å². The molecule has 0 radical (unpaired) electrons. The molecule has 1 aliphatic heterocycles. The van der Waals surface area contributed by atoms with Crippen molar-refractivity contribution in [2.45, 2.75) is 13.1 Å². The number of aromatic nitrogens is 1. The van der Waals surface area contributed by atoms with E-state index >= 15 is 0 Å². The van der Waals surface area contributed by atoms with Crippen molar-refractivity contribution >= 4 is 16.7 Å². The average molecular weight is 306 g/mol. The summed E-state index contributed by atoms with van der Waals surface area (Å²) >= 11 is 0. The van der Waals surface area contributed by atoms with Crippen molar-refractivity contribution in [3.8, 4) is 0 Å². The molecule has 0 bridgehead atoms. The van der Waals surface area contributed by atoms with Crippen LogP contribution in [-0.4, -0.2) is 22.6 Å². The predicted octanol–water partition coefficient (Wildman–Crippen LogP) is 3.34. The molecular formula is C19H18N2O2. The molecule has 0 fully saturated rings. The first-order valence-corrected chi connectivity index (χ1v) is 7.86. The van der Waals surface area contributed by atoms with Crippen LogP contribution in [0.4, 0.5) is 0 Å². The fourth-order valence-corrected chi connectivity index (χ4v) is 3.10. The summed E-state index contributed by atoms with van der Waals surface area (Å²) in [6, 6.07) is 18.0. The van der Waals surface area contributed by atoms with Gasteiger partial charge < -0.3 is 4.42 Å². The van der Waals surface area contributed by atoms with Crippen molar-refractivity contribution in [2.75, 3.05) is 13.1 Å². The Balaban J connectivity index is 1.54. The van der Waals surface area contributed by atoms with Crippen LogP contribution in [0.2, 0.25) is 0 Å². The third-order valence-corrected chi connectivity index (χ3v) is 4.35. The minimum atomic E-state index is -0.288. The minimum Gasteiger partial charge on any atom is -0.408 e. The Morgan fingerprint density at radius 3 is 2.57 bits per heavy atom. The Hall–Kier alpha value is -2.59. The van der Waals surface area contributed by atoms with Gasteiger partial charge in [0, 0.05) is 13.1 Å². The number of hydrogen-bond donors (Lipinski definition) is 0. The van der Waals surface area contributed by atoms with Gasteiger partial charge >= 0.3 is 5.76 Å². The zero-order chi connectivity index (χ0) is 15.6. The Bertz CT molecular complexity index is 906. The molecule has 0 atom stereocenters. The van der Waals surface area contributed by atoms with Gasteiger partial charge in [-0.15, -0.1) is 0 Å². The molecule has 23 heavy (non-hydrogen) atoms. The van der Waals surface area contributed by atoms with Gasteiger partial charge in [-0.05, 0) is 29.7 Å². The molecule has 0 saturated carbocycles. The van der Waals surface area contributed by atoms with E-state index in [1.807, 2.05) is 30.3 Å². The van der Waals surface area contributed by atoms with Crippen molar-refractivity contribution in [2.24, 2.45) is 0 Å². The summed E-state index contributed by atoms with van der Waals surface area (Å²) in [7, 11) is 0. The first-order chi connectivity index (χ1) is 11.3. The minimum absolute atomic E-state index is 0.288. The third-order valence-electron chi connectivity index (χ3n) is 4.35. The second kappa shape index (κ2) is 5.89. The van der Waals surface area contributed by atoms with Crippen LogP contribution in [0.1, 0.15) is 12.0 Å². The lowest BCUT2D eigenvalue weighted by Gasteiger charge is -2.26. The second-order valence-electron chi connectivity index (χ2n) is 5.83. The van der Waals surface area contributed by atoms with E-state index in [0.717, 1.165) is 25.0 Å². The number of oxazole rings is 1. The highest BCUT2D eigenvalue weighted by molar-refractivity contribution is 5.72. The van der Waals surface area contributed by atoms with Gasteiger partial charge in [-0.2, -0.15) is 0 Å². The molecule has 0 saturated heterocycles. The molecule has 0 amide bonds. The van der Waals surface area contributed by atoms with Crippen molar-refractivity contribution in [1.82, 2.24) is 9.47 Å². The summed E-state index contributed by atoms with van der Waals surface area (Å²) in [5.74, 6) is -0.288. The van der Waals surface area contributed by atoms with E-state index in [-0.39, 0.29) is 5.76 Å². The number of rotatable bonds is 3. The largest absolute Gasteiger partial charge is 0.421 e. The Morgan fingerprint density at radius 2 is 1.78 bits per heavy atom. The van der Waals surface area contributed by atoms with E-state index in [4.69, 9.17) is 4.42 Å². The zero-order valence-corrected chi connectivity index (χ0v) is 12.8. The summed E-state index contributed by atoms with van der Waals surface area (Å²) < 4.78 is 7.00. The molecule has 4 heteroatoms. The molecule has 4 rings (SSSR count). The third kappa shape index (κ3) is 2.73. The van der Waals surface area contributed by atoms with E-state index in [1.54, 1.807) is 4.57 Å². The summed E-state index contributed by atoms with van der Waals surface area (Å²) in [4.78, 5) is 14.3. The molecule has 1 aromatic heterocycles. The quantitative estimate of drug-likeness (QED) is 0.745. The summed E-state index contributed by atoms with van der Waals surface area (Å²) in [5, 5.41) is 0. The SMILES string of the molecule is O=c1oc2ccccc2n1CN1CC=C(c2ccccc2)CC1. The van der Waals surface area contributed by atoms with Crippen LogP contribution < -0.4 is 5.76 Å². The van der Waals surface area contributed by atoms with Gasteiger partial charge in [0.2, 0.25) is 0 Å². The topological polar surface area (TPSA) is 38.4 Å². The molecule has 2 aromatic carbocycles. The van der Waals surface area contributed by atoms with Gasteiger partial charge in [0.1, 0.15) is 0 Å². The van der Waals surface area contributed by atoms with Crippen LogP contribution in [0.25, 0.3) is 16.7 Å². The molecule has 1 aliphatic rings. The first kappa shape index (κ1) is 14.0. The summed E-state index contributed by atoms with van der Waals surface area (Å²) in [6.45, 7) is 2.34. The smallest absolute Gasteiger partial charge is 0.408 e. The number of hydrogen-bond acceptors (Lipinski definition) is 3. The highest BCUT2D eigenvalue weighted by Crippen LogP contribution is 2.22. The molecule has 2 heterocycles. The molecule has 4 nitrogen and oxygen atoms in total. The average Bonchev–Trinajstić information content (AvgIpc) is 2.92. The van der Waals surface area contributed by atoms with Crippen LogP contribution in [0.5, 0.6) is 0 Å². The lowest BCUT2D eigenvalue weighted by Crippen LogP contribution is -2.33. The number of nitrogens with zero attached hydrogens (tertiary/aromatic N) is 2. The Kier molecular flexibility index (Phi) is 3.60. The predicted molar refractivity (Wildman–Crippen MR) is 91.1 cm³/mol. The van der Waals surface area contributed by atoms with Crippen LogP contribution in [-0.2, 0) is 6.67 Å². The lowest BCUT2D eigenvalue weighted by atomic mass is 10.00. The molecule has 116 valence electrons. The summed E-state index contributed by atoms with van der Waals surface area (Å²) in [5.41, 5.74) is 4.18. The molecule has 0 aliphatic carbocycles. The highest BCUT2D eigenvalue weighted by atomic mass is 16.4. The van der Waals surface area contributed by atoms with Crippen molar-refractivity contribution in [1.29, 1.82) is 0 Å². The standard InChI is InChI=1S/C19H18N2O2/c22-19-21(17-8-4-5-9-18(17)23-19)14-20-12-10-16(11-13-20)15-6-2-1-3-7-15/h1-10H,11-14H2. The van der Waals surface area contributed by atoms with E-state index in [1.165, 1.54) is 11.1 Å². The molecular weight excluding hydrogens is 288 g/mol. The van der Waals surface area contributed by atoms with Gasteiger partial charge in [-0.25, -0.2) is 4.79 Å². The van der Waals surface area contributed by atoms with E-state index in [9.17, 15) is 4.79 Å².